The Hall–Kier alpha value is -0.930. The molecule has 2 N–H and O–H groups in total. The summed E-state index contributed by atoms with van der Waals surface area (Å²) < 4.78 is 19.7. The van der Waals surface area contributed by atoms with Gasteiger partial charge in [-0.25, -0.2) is 4.39 Å². The predicted octanol–water partition coefficient (Wildman–Crippen LogP) is 3.77. The third-order valence-electron chi connectivity index (χ3n) is 4.16. The van der Waals surface area contributed by atoms with Gasteiger partial charge in [-0.3, -0.25) is 0 Å². The van der Waals surface area contributed by atoms with Gasteiger partial charge in [-0.15, -0.1) is 0 Å². The normalized spacial score (nSPS) is 23.5. The largest absolute Gasteiger partial charge is 0.373 e. The van der Waals surface area contributed by atoms with Crippen LogP contribution in [0.1, 0.15) is 50.2 Å². The van der Waals surface area contributed by atoms with Crippen molar-refractivity contribution in [2.24, 2.45) is 11.7 Å². The topological polar surface area (TPSA) is 35.2 Å². The maximum Gasteiger partial charge on any atom is 0.128 e. The highest BCUT2D eigenvalue weighted by Gasteiger charge is 2.24. The standard InChI is InChI=1S/C16H24FNO/c1-2-13-5-3-4-6-16(13)19-11-14-9-12(10-18)7-8-15(14)17/h7-9,13,16H,2-6,10-11,18H2,1H3. The molecular weight excluding hydrogens is 241 g/mol. The molecule has 0 saturated heterocycles. The second-order valence-electron chi connectivity index (χ2n) is 5.43. The summed E-state index contributed by atoms with van der Waals surface area (Å²) in [6.07, 6.45) is 6.32. The summed E-state index contributed by atoms with van der Waals surface area (Å²) in [5, 5.41) is 0. The zero-order chi connectivity index (χ0) is 13.7. The van der Waals surface area contributed by atoms with Crippen LogP contribution >= 0.6 is 0 Å². The summed E-state index contributed by atoms with van der Waals surface area (Å²) in [6.45, 7) is 3.01. The monoisotopic (exact) mass is 265 g/mol. The lowest BCUT2D eigenvalue weighted by atomic mass is 9.85. The average molecular weight is 265 g/mol. The highest BCUT2D eigenvalue weighted by molar-refractivity contribution is 5.24. The van der Waals surface area contributed by atoms with E-state index in [9.17, 15) is 4.39 Å². The van der Waals surface area contributed by atoms with E-state index in [1.54, 1.807) is 6.07 Å². The van der Waals surface area contributed by atoms with E-state index in [-0.39, 0.29) is 5.82 Å². The fourth-order valence-electron chi connectivity index (χ4n) is 2.92. The van der Waals surface area contributed by atoms with Gasteiger partial charge in [0.2, 0.25) is 0 Å². The lowest BCUT2D eigenvalue weighted by molar-refractivity contribution is -0.0231. The minimum atomic E-state index is -0.193. The smallest absolute Gasteiger partial charge is 0.128 e. The Balaban J connectivity index is 1.97. The molecule has 1 aromatic rings. The lowest BCUT2D eigenvalue weighted by Gasteiger charge is -2.30. The van der Waals surface area contributed by atoms with Crippen LogP contribution in [0.2, 0.25) is 0 Å². The highest BCUT2D eigenvalue weighted by Crippen LogP contribution is 2.30. The van der Waals surface area contributed by atoms with Gasteiger partial charge in [0, 0.05) is 12.1 Å². The summed E-state index contributed by atoms with van der Waals surface area (Å²) >= 11 is 0. The number of ether oxygens (including phenoxy) is 1. The summed E-state index contributed by atoms with van der Waals surface area (Å²) in [4.78, 5) is 0. The molecule has 1 saturated carbocycles. The van der Waals surface area contributed by atoms with Gasteiger partial charge in [-0.05, 0) is 36.5 Å². The van der Waals surface area contributed by atoms with Crippen molar-refractivity contribution in [1.29, 1.82) is 0 Å². The van der Waals surface area contributed by atoms with E-state index >= 15 is 0 Å². The molecule has 0 aliphatic heterocycles. The van der Waals surface area contributed by atoms with Crippen molar-refractivity contribution in [3.63, 3.8) is 0 Å². The molecular formula is C16H24FNO. The molecule has 0 spiro atoms. The van der Waals surface area contributed by atoms with Crippen molar-refractivity contribution < 1.29 is 9.13 Å². The first kappa shape index (κ1) is 14.5. The van der Waals surface area contributed by atoms with Gasteiger partial charge in [-0.2, -0.15) is 0 Å². The number of benzene rings is 1. The Labute approximate surface area is 115 Å². The molecule has 2 atom stereocenters. The fraction of sp³-hybridized carbons (Fsp3) is 0.625. The van der Waals surface area contributed by atoms with E-state index in [2.05, 4.69) is 6.92 Å². The molecule has 3 heteroatoms. The molecule has 1 aliphatic rings. The van der Waals surface area contributed by atoms with Crippen molar-refractivity contribution >= 4 is 0 Å². The predicted molar refractivity (Wildman–Crippen MR) is 75.1 cm³/mol. The number of hydrogen-bond donors (Lipinski definition) is 1. The maximum atomic E-state index is 13.7. The minimum Gasteiger partial charge on any atom is -0.373 e. The Morgan fingerprint density at radius 3 is 2.84 bits per heavy atom. The first-order valence-electron chi connectivity index (χ1n) is 7.33. The van der Waals surface area contributed by atoms with E-state index in [4.69, 9.17) is 10.5 Å². The Bertz CT molecular complexity index is 408. The van der Waals surface area contributed by atoms with Crippen molar-refractivity contribution in [1.82, 2.24) is 0 Å². The van der Waals surface area contributed by atoms with Gasteiger partial charge in [0.25, 0.3) is 0 Å². The summed E-state index contributed by atoms with van der Waals surface area (Å²) in [6, 6.07) is 5.03. The quantitative estimate of drug-likeness (QED) is 0.879. The van der Waals surface area contributed by atoms with E-state index in [1.807, 2.05) is 6.07 Å². The molecule has 0 amide bonds. The highest BCUT2D eigenvalue weighted by atomic mass is 19.1. The second-order valence-corrected chi connectivity index (χ2v) is 5.43. The molecule has 0 aromatic heterocycles. The zero-order valence-electron chi connectivity index (χ0n) is 11.7. The number of hydrogen-bond acceptors (Lipinski definition) is 2. The molecule has 1 aliphatic carbocycles. The third-order valence-corrected chi connectivity index (χ3v) is 4.16. The van der Waals surface area contributed by atoms with Gasteiger partial charge < -0.3 is 10.5 Å². The zero-order valence-corrected chi connectivity index (χ0v) is 11.7. The minimum absolute atomic E-state index is 0.193. The van der Waals surface area contributed by atoms with Crippen LogP contribution in [-0.4, -0.2) is 6.10 Å². The van der Waals surface area contributed by atoms with Crippen LogP contribution in [0.3, 0.4) is 0 Å². The molecule has 19 heavy (non-hydrogen) atoms. The SMILES string of the molecule is CCC1CCCCC1OCc1cc(CN)ccc1F. The second kappa shape index (κ2) is 7.01. The summed E-state index contributed by atoms with van der Waals surface area (Å²) in [7, 11) is 0. The van der Waals surface area contributed by atoms with E-state index in [0.717, 1.165) is 18.4 Å². The first-order valence-corrected chi connectivity index (χ1v) is 7.33. The van der Waals surface area contributed by atoms with Crippen molar-refractivity contribution in [2.45, 2.75) is 58.3 Å². The van der Waals surface area contributed by atoms with Crippen LogP contribution in [0.5, 0.6) is 0 Å². The van der Waals surface area contributed by atoms with Crippen LogP contribution in [0.25, 0.3) is 0 Å². The lowest BCUT2D eigenvalue weighted by Crippen LogP contribution is -2.27. The molecule has 106 valence electrons. The van der Waals surface area contributed by atoms with Gasteiger partial charge in [0.15, 0.2) is 0 Å². The Kier molecular flexibility index (Phi) is 5.34. The van der Waals surface area contributed by atoms with E-state index < -0.39 is 0 Å². The van der Waals surface area contributed by atoms with Gasteiger partial charge in [0.1, 0.15) is 5.82 Å². The Morgan fingerprint density at radius 1 is 1.32 bits per heavy atom. The number of halogens is 1. The maximum absolute atomic E-state index is 13.7. The first-order chi connectivity index (χ1) is 9.24. The number of rotatable bonds is 5. The van der Waals surface area contributed by atoms with Crippen LogP contribution in [0.15, 0.2) is 18.2 Å². The summed E-state index contributed by atoms with van der Waals surface area (Å²) in [5.74, 6) is 0.440. The third kappa shape index (κ3) is 3.77. The van der Waals surface area contributed by atoms with E-state index in [1.165, 1.54) is 25.3 Å². The van der Waals surface area contributed by atoms with Crippen molar-refractivity contribution in [2.75, 3.05) is 0 Å². The van der Waals surface area contributed by atoms with Crippen molar-refractivity contribution in [3.8, 4) is 0 Å². The molecule has 1 fully saturated rings. The van der Waals surface area contributed by atoms with E-state index in [0.29, 0.717) is 30.7 Å². The van der Waals surface area contributed by atoms with Crippen LogP contribution in [0, 0.1) is 11.7 Å². The van der Waals surface area contributed by atoms with Gasteiger partial charge in [0.05, 0.1) is 12.7 Å². The molecule has 2 rings (SSSR count). The summed E-state index contributed by atoms with van der Waals surface area (Å²) in [5.41, 5.74) is 7.17. The molecule has 2 nitrogen and oxygen atoms in total. The van der Waals surface area contributed by atoms with Gasteiger partial charge >= 0.3 is 0 Å². The Morgan fingerprint density at radius 2 is 2.11 bits per heavy atom. The molecule has 1 aromatic carbocycles. The van der Waals surface area contributed by atoms with Crippen molar-refractivity contribution in [3.05, 3.63) is 35.1 Å². The fourth-order valence-corrected chi connectivity index (χ4v) is 2.92. The molecule has 0 bridgehead atoms. The van der Waals surface area contributed by atoms with Crippen LogP contribution in [0.4, 0.5) is 4.39 Å². The molecule has 0 heterocycles. The van der Waals surface area contributed by atoms with Crippen LogP contribution < -0.4 is 5.73 Å². The van der Waals surface area contributed by atoms with Crippen LogP contribution in [-0.2, 0) is 17.9 Å². The number of nitrogens with two attached hydrogens (primary N) is 1. The average Bonchev–Trinajstić information content (AvgIpc) is 2.46. The van der Waals surface area contributed by atoms with Gasteiger partial charge in [-0.1, -0.05) is 32.3 Å². The molecule has 0 radical (unpaired) electrons. The molecule has 2 unspecified atom stereocenters.